The lowest BCUT2D eigenvalue weighted by Crippen LogP contribution is -2.13. The highest BCUT2D eigenvalue weighted by molar-refractivity contribution is 7.98. The van der Waals surface area contributed by atoms with E-state index in [1.807, 2.05) is 30.3 Å². The Morgan fingerprint density at radius 2 is 2.17 bits per heavy atom. The van der Waals surface area contributed by atoms with Gasteiger partial charge in [-0.1, -0.05) is 35.5 Å². The summed E-state index contributed by atoms with van der Waals surface area (Å²) in [5.74, 6) is 1.39. The second-order valence-corrected chi connectivity index (χ2v) is 6.74. The molecule has 0 radical (unpaired) electrons. The van der Waals surface area contributed by atoms with Crippen molar-refractivity contribution in [2.75, 3.05) is 6.79 Å². The molecule has 0 unspecified atom stereocenters. The molecule has 7 heteroatoms. The van der Waals surface area contributed by atoms with Gasteiger partial charge in [-0.3, -0.25) is 4.79 Å². The van der Waals surface area contributed by atoms with E-state index in [2.05, 4.69) is 9.97 Å². The Hall–Kier alpha value is -2.02. The molecule has 1 aliphatic rings. The molecule has 1 N–H and O–H groups in total. The van der Waals surface area contributed by atoms with E-state index < -0.39 is 0 Å². The molecule has 0 bridgehead atoms. The molecule has 0 atom stereocenters. The predicted octanol–water partition coefficient (Wildman–Crippen LogP) is 3.74. The minimum absolute atomic E-state index is 0.138. The van der Waals surface area contributed by atoms with Crippen LogP contribution in [0.3, 0.4) is 0 Å². The van der Waals surface area contributed by atoms with Crippen molar-refractivity contribution in [2.24, 2.45) is 0 Å². The number of nitrogens with zero attached hydrogens (tertiary/aromatic N) is 1. The van der Waals surface area contributed by atoms with Gasteiger partial charge in [0.25, 0.3) is 5.56 Å². The van der Waals surface area contributed by atoms with Crippen LogP contribution in [0.2, 0.25) is 5.02 Å². The number of aromatic nitrogens is 2. The zero-order valence-corrected chi connectivity index (χ0v) is 14.1. The smallest absolute Gasteiger partial charge is 0.259 e. The average molecular weight is 361 g/mol. The Bertz CT molecular complexity index is 974. The summed E-state index contributed by atoms with van der Waals surface area (Å²) in [6.07, 6.45) is 0. The maximum absolute atomic E-state index is 12.1. The van der Waals surface area contributed by atoms with Gasteiger partial charge in [-0.2, -0.15) is 0 Å². The first-order chi connectivity index (χ1) is 11.7. The van der Waals surface area contributed by atoms with Crippen molar-refractivity contribution in [3.63, 3.8) is 0 Å². The maximum atomic E-state index is 12.1. The van der Waals surface area contributed by atoms with Crippen molar-refractivity contribution < 1.29 is 9.47 Å². The number of para-hydroxylation sites is 1. The lowest BCUT2D eigenvalue weighted by atomic mass is 10.1. The summed E-state index contributed by atoms with van der Waals surface area (Å²) in [5.41, 5.74) is 2.44. The SMILES string of the molecule is O=c1[nH]c(SCc2cc(Cl)cc3c2OCOC3)nc2ccccc12. The van der Waals surface area contributed by atoms with Gasteiger partial charge in [0, 0.05) is 21.9 Å². The minimum atomic E-state index is -0.138. The minimum Gasteiger partial charge on any atom is -0.467 e. The molecule has 2 heterocycles. The number of thioether (sulfide) groups is 1. The Morgan fingerprint density at radius 1 is 1.29 bits per heavy atom. The average Bonchev–Trinajstić information content (AvgIpc) is 2.59. The summed E-state index contributed by atoms with van der Waals surface area (Å²) in [6.45, 7) is 0.718. The third kappa shape index (κ3) is 3.00. The molecule has 4 rings (SSSR count). The third-order valence-electron chi connectivity index (χ3n) is 3.71. The Balaban J connectivity index is 1.64. The topological polar surface area (TPSA) is 64.2 Å². The molecule has 5 nitrogen and oxygen atoms in total. The number of benzene rings is 2. The van der Waals surface area contributed by atoms with Crippen LogP contribution in [0.15, 0.2) is 46.3 Å². The standard InChI is InChI=1S/C17H13ClN2O3S/c18-12-5-10-7-22-9-23-15(10)11(6-12)8-24-17-19-14-4-2-1-3-13(14)16(21)20-17/h1-6H,7-9H2,(H,19,20,21). The molecule has 2 aromatic carbocycles. The Kier molecular flexibility index (Phi) is 4.18. The highest BCUT2D eigenvalue weighted by atomic mass is 35.5. The lowest BCUT2D eigenvalue weighted by molar-refractivity contribution is -0.0168. The number of hydrogen-bond donors (Lipinski definition) is 1. The first kappa shape index (κ1) is 15.5. The normalized spacial score (nSPS) is 13.5. The Morgan fingerprint density at radius 3 is 3.08 bits per heavy atom. The van der Waals surface area contributed by atoms with E-state index in [4.69, 9.17) is 21.1 Å². The molecule has 24 heavy (non-hydrogen) atoms. The molecule has 1 aromatic heterocycles. The van der Waals surface area contributed by atoms with Gasteiger partial charge in [0.2, 0.25) is 0 Å². The van der Waals surface area contributed by atoms with Crippen molar-refractivity contribution in [1.29, 1.82) is 0 Å². The molecular weight excluding hydrogens is 348 g/mol. The summed E-state index contributed by atoms with van der Waals surface area (Å²) in [5, 5.41) is 1.79. The van der Waals surface area contributed by atoms with Gasteiger partial charge >= 0.3 is 0 Å². The molecule has 0 saturated heterocycles. The highest BCUT2D eigenvalue weighted by Crippen LogP contribution is 2.34. The number of hydrogen-bond acceptors (Lipinski definition) is 5. The van der Waals surface area contributed by atoms with Gasteiger partial charge in [-0.25, -0.2) is 4.98 Å². The molecular formula is C17H13ClN2O3S. The van der Waals surface area contributed by atoms with Crippen LogP contribution < -0.4 is 10.3 Å². The van der Waals surface area contributed by atoms with Crippen LogP contribution >= 0.6 is 23.4 Å². The molecule has 1 aliphatic heterocycles. The molecule has 0 fully saturated rings. The number of ether oxygens (including phenoxy) is 2. The summed E-state index contributed by atoms with van der Waals surface area (Å²) in [4.78, 5) is 19.4. The van der Waals surface area contributed by atoms with Crippen LogP contribution in [0.5, 0.6) is 5.75 Å². The van der Waals surface area contributed by atoms with Crippen LogP contribution in [0, 0.1) is 0 Å². The second-order valence-electron chi connectivity index (χ2n) is 5.34. The first-order valence-electron chi connectivity index (χ1n) is 7.34. The van der Waals surface area contributed by atoms with Gasteiger partial charge in [0.05, 0.1) is 17.5 Å². The number of fused-ring (bicyclic) bond motifs is 2. The van der Waals surface area contributed by atoms with Crippen LogP contribution in [0.1, 0.15) is 11.1 Å². The zero-order chi connectivity index (χ0) is 16.5. The number of halogens is 1. The molecule has 0 aliphatic carbocycles. The van der Waals surface area contributed by atoms with E-state index in [0.29, 0.717) is 33.4 Å². The fraction of sp³-hybridized carbons (Fsp3) is 0.176. The monoisotopic (exact) mass is 360 g/mol. The van der Waals surface area contributed by atoms with Crippen LogP contribution in [0.4, 0.5) is 0 Å². The number of rotatable bonds is 3. The van der Waals surface area contributed by atoms with Crippen molar-refractivity contribution >= 4 is 34.3 Å². The van der Waals surface area contributed by atoms with E-state index in [-0.39, 0.29) is 12.4 Å². The van der Waals surface area contributed by atoms with E-state index in [0.717, 1.165) is 16.9 Å². The van der Waals surface area contributed by atoms with Crippen molar-refractivity contribution in [3.8, 4) is 5.75 Å². The first-order valence-corrected chi connectivity index (χ1v) is 8.71. The molecule has 0 amide bonds. The predicted molar refractivity (Wildman–Crippen MR) is 93.7 cm³/mol. The molecule has 0 spiro atoms. The lowest BCUT2D eigenvalue weighted by Gasteiger charge is -2.20. The van der Waals surface area contributed by atoms with Crippen LogP contribution in [-0.4, -0.2) is 16.8 Å². The fourth-order valence-electron chi connectivity index (χ4n) is 2.64. The van der Waals surface area contributed by atoms with E-state index >= 15 is 0 Å². The zero-order valence-electron chi connectivity index (χ0n) is 12.5. The van der Waals surface area contributed by atoms with Crippen molar-refractivity contribution in [1.82, 2.24) is 9.97 Å². The number of H-pyrrole nitrogens is 1. The summed E-state index contributed by atoms with van der Waals surface area (Å²) in [7, 11) is 0. The Labute approximate surface area is 147 Å². The largest absolute Gasteiger partial charge is 0.467 e. The molecule has 3 aromatic rings. The van der Waals surface area contributed by atoms with Gasteiger partial charge in [0.1, 0.15) is 5.75 Å². The van der Waals surface area contributed by atoms with Crippen molar-refractivity contribution in [2.45, 2.75) is 17.5 Å². The van der Waals surface area contributed by atoms with Gasteiger partial charge in [-0.15, -0.1) is 0 Å². The van der Waals surface area contributed by atoms with Crippen molar-refractivity contribution in [3.05, 3.63) is 62.9 Å². The van der Waals surface area contributed by atoms with Gasteiger partial charge in [0.15, 0.2) is 11.9 Å². The number of aromatic amines is 1. The summed E-state index contributed by atoms with van der Waals surface area (Å²) < 4.78 is 10.9. The van der Waals surface area contributed by atoms with Crippen LogP contribution in [0.25, 0.3) is 10.9 Å². The fourth-order valence-corrected chi connectivity index (χ4v) is 3.74. The van der Waals surface area contributed by atoms with E-state index in [9.17, 15) is 4.79 Å². The molecule has 0 saturated carbocycles. The molecule has 122 valence electrons. The quantitative estimate of drug-likeness (QED) is 0.569. The highest BCUT2D eigenvalue weighted by Gasteiger charge is 2.17. The summed E-state index contributed by atoms with van der Waals surface area (Å²) in [6, 6.07) is 11.0. The van der Waals surface area contributed by atoms with E-state index in [1.54, 1.807) is 6.07 Å². The third-order valence-corrected chi connectivity index (χ3v) is 4.85. The van der Waals surface area contributed by atoms with Gasteiger partial charge < -0.3 is 14.5 Å². The van der Waals surface area contributed by atoms with E-state index in [1.165, 1.54) is 11.8 Å². The van der Waals surface area contributed by atoms with Gasteiger partial charge in [-0.05, 0) is 24.3 Å². The van der Waals surface area contributed by atoms with Crippen LogP contribution in [-0.2, 0) is 17.1 Å². The maximum Gasteiger partial charge on any atom is 0.259 e. The number of nitrogens with one attached hydrogen (secondary N) is 1. The summed E-state index contributed by atoms with van der Waals surface area (Å²) >= 11 is 7.61. The second kappa shape index (κ2) is 6.47.